The van der Waals surface area contributed by atoms with Gasteiger partial charge in [0.25, 0.3) is 5.56 Å². The molecule has 1 unspecified atom stereocenters. The second kappa shape index (κ2) is 12.1. The molecule has 1 fully saturated rings. The molecule has 1 aliphatic rings. The second-order valence-corrected chi connectivity index (χ2v) is 9.15. The van der Waals surface area contributed by atoms with Crippen LogP contribution in [0, 0.1) is 6.92 Å². The normalized spacial score (nSPS) is 16.9. The van der Waals surface area contributed by atoms with E-state index in [0.717, 1.165) is 11.3 Å². The molecule has 1 amide bonds. The zero-order chi connectivity index (χ0) is 27.2. The molecular weight excluding hydrogens is 486 g/mol. The molecular formula is C28H35N5O5. The van der Waals surface area contributed by atoms with Gasteiger partial charge in [0, 0.05) is 31.8 Å². The summed E-state index contributed by atoms with van der Waals surface area (Å²) in [6, 6.07) is 12.8. The zero-order valence-electron chi connectivity index (χ0n) is 22.6. The number of nitrogens with zero attached hydrogens (tertiary/aromatic N) is 4. The first-order chi connectivity index (χ1) is 18.4. The fourth-order valence-electron chi connectivity index (χ4n) is 4.62. The Bertz CT molecular complexity index is 1330. The van der Waals surface area contributed by atoms with Crippen LogP contribution in [0.15, 0.2) is 47.3 Å². The number of nitrogens with one attached hydrogen (secondary N) is 1. The fourth-order valence-corrected chi connectivity index (χ4v) is 4.62. The Morgan fingerprint density at radius 1 is 1.11 bits per heavy atom. The van der Waals surface area contributed by atoms with Crippen LogP contribution in [0.3, 0.4) is 0 Å². The molecule has 2 atom stereocenters. The summed E-state index contributed by atoms with van der Waals surface area (Å²) >= 11 is 0. The van der Waals surface area contributed by atoms with Crippen LogP contribution >= 0.6 is 0 Å². The molecule has 0 bridgehead atoms. The van der Waals surface area contributed by atoms with Gasteiger partial charge in [-0.1, -0.05) is 37.3 Å². The number of carbonyl (C=O) groups excluding carboxylic acids is 1. The number of aromatic nitrogens is 3. The van der Waals surface area contributed by atoms with E-state index in [-0.39, 0.29) is 24.3 Å². The second-order valence-electron chi connectivity index (χ2n) is 9.15. The van der Waals surface area contributed by atoms with Crippen LogP contribution in [0.2, 0.25) is 0 Å². The predicted octanol–water partition coefficient (Wildman–Crippen LogP) is 3.56. The smallest absolute Gasteiger partial charge is 0.410 e. The van der Waals surface area contributed by atoms with Crippen LogP contribution in [0.1, 0.15) is 30.8 Å². The van der Waals surface area contributed by atoms with Gasteiger partial charge < -0.3 is 24.4 Å². The minimum Gasteiger partial charge on any atom is -0.481 e. The largest absolute Gasteiger partial charge is 0.481 e. The Morgan fingerprint density at radius 2 is 1.87 bits per heavy atom. The Hall–Kier alpha value is -3.92. The highest BCUT2D eigenvalue weighted by atomic mass is 16.6. The first kappa shape index (κ1) is 27.1. The maximum Gasteiger partial charge on any atom is 0.410 e. The third kappa shape index (κ3) is 5.80. The van der Waals surface area contributed by atoms with E-state index in [1.54, 1.807) is 35.8 Å². The van der Waals surface area contributed by atoms with Crippen LogP contribution in [0.4, 0.5) is 10.6 Å². The van der Waals surface area contributed by atoms with Crippen molar-refractivity contribution >= 4 is 11.9 Å². The van der Waals surface area contributed by atoms with Crippen molar-refractivity contribution in [1.29, 1.82) is 0 Å². The van der Waals surface area contributed by atoms with E-state index < -0.39 is 6.09 Å². The molecule has 4 rings (SSSR count). The van der Waals surface area contributed by atoms with Gasteiger partial charge in [0.05, 0.1) is 37.2 Å². The van der Waals surface area contributed by atoms with Crippen LogP contribution in [-0.2, 0) is 29.5 Å². The van der Waals surface area contributed by atoms with Crippen molar-refractivity contribution in [2.45, 2.75) is 45.9 Å². The van der Waals surface area contributed by atoms with E-state index in [1.165, 1.54) is 0 Å². The molecule has 0 aliphatic carbocycles. The number of amides is 1. The van der Waals surface area contributed by atoms with E-state index in [1.807, 2.05) is 51.1 Å². The minimum atomic E-state index is -0.400. The SMILES string of the molecule is CCO[C@H]1CN(C(=O)OCc2ccccc2)CC1Nc1c(CC)nc(-c2ccc(OC)nc2C)c(=O)n1C. The summed E-state index contributed by atoms with van der Waals surface area (Å²) in [6.45, 7) is 7.19. The van der Waals surface area contributed by atoms with Crippen molar-refractivity contribution in [2.24, 2.45) is 7.05 Å². The Morgan fingerprint density at radius 3 is 2.53 bits per heavy atom. The lowest BCUT2D eigenvalue weighted by Gasteiger charge is -2.24. The van der Waals surface area contributed by atoms with Gasteiger partial charge in [0.15, 0.2) is 0 Å². The molecule has 0 spiro atoms. The van der Waals surface area contributed by atoms with E-state index in [2.05, 4.69) is 10.3 Å². The van der Waals surface area contributed by atoms with Crippen LogP contribution in [0.5, 0.6) is 5.88 Å². The number of pyridine rings is 1. The number of ether oxygens (including phenoxy) is 3. The summed E-state index contributed by atoms with van der Waals surface area (Å²) in [4.78, 5) is 37.0. The minimum absolute atomic E-state index is 0.201. The van der Waals surface area contributed by atoms with Gasteiger partial charge in [-0.05, 0) is 31.9 Å². The number of benzene rings is 1. The maximum absolute atomic E-state index is 13.4. The zero-order valence-corrected chi connectivity index (χ0v) is 22.6. The first-order valence-electron chi connectivity index (χ1n) is 12.8. The summed E-state index contributed by atoms with van der Waals surface area (Å²) in [6.07, 6.45) is -0.0683. The molecule has 0 radical (unpaired) electrons. The summed E-state index contributed by atoms with van der Waals surface area (Å²) in [5.41, 5.74) is 3.07. The lowest BCUT2D eigenvalue weighted by atomic mass is 10.1. The first-order valence-corrected chi connectivity index (χ1v) is 12.8. The van der Waals surface area contributed by atoms with Gasteiger partial charge in [-0.25, -0.2) is 14.8 Å². The quantitative estimate of drug-likeness (QED) is 0.456. The van der Waals surface area contributed by atoms with Crippen molar-refractivity contribution in [3.8, 4) is 17.1 Å². The van der Waals surface area contributed by atoms with E-state index in [0.29, 0.717) is 54.8 Å². The number of aryl methyl sites for hydroxylation is 2. The number of carbonyl (C=O) groups is 1. The molecule has 2 aromatic heterocycles. The number of anilines is 1. The topological polar surface area (TPSA) is 108 Å². The maximum atomic E-state index is 13.4. The van der Waals surface area contributed by atoms with Crippen molar-refractivity contribution in [2.75, 3.05) is 32.1 Å². The summed E-state index contributed by atoms with van der Waals surface area (Å²) in [5.74, 6) is 1.08. The Balaban J connectivity index is 1.56. The van der Waals surface area contributed by atoms with Gasteiger partial charge in [-0.15, -0.1) is 0 Å². The molecule has 10 heteroatoms. The number of methoxy groups -OCH3 is 1. The van der Waals surface area contributed by atoms with Gasteiger partial charge in [-0.3, -0.25) is 9.36 Å². The molecule has 1 N–H and O–H groups in total. The lowest BCUT2D eigenvalue weighted by Crippen LogP contribution is -2.37. The van der Waals surface area contributed by atoms with E-state index >= 15 is 0 Å². The molecule has 3 heterocycles. The van der Waals surface area contributed by atoms with Crippen molar-refractivity contribution < 1.29 is 19.0 Å². The summed E-state index contributed by atoms with van der Waals surface area (Å²) < 4.78 is 18.3. The number of hydrogen-bond donors (Lipinski definition) is 1. The number of likely N-dealkylation sites (tertiary alicyclic amines) is 1. The third-order valence-electron chi connectivity index (χ3n) is 6.65. The number of hydrogen-bond acceptors (Lipinski definition) is 8. The molecule has 1 aromatic carbocycles. The fraction of sp³-hybridized carbons (Fsp3) is 0.429. The van der Waals surface area contributed by atoms with E-state index in [4.69, 9.17) is 19.2 Å². The van der Waals surface area contributed by atoms with Crippen LogP contribution < -0.4 is 15.6 Å². The van der Waals surface area contributed by atoms with Gasteiger partial charge in [-0.2, -0.15) is 0 Å². The van der Waals surface area contributed by atoms with Gasteiger partial charge in [0.1, 0.15) is 18.1 Å². The average Bonchev–Trinajstić information content (AvgIpc) is 3.33. The van der Waals surface area contributed by atoms with Crippen molar-refractivity contribution in [3.05, 3.63) is 69.8 Å². The molecule has 202 valence electrons. The molecule has 0 saturated carbocycles. The molecule has 1 aliphatic heterocycles. The lowest BCUT2D eigenvalue weighted by molar-refractivity contribution is 0.0579. The average molecular weight is 522 g/mol. The Kier molecular flexibility index (Phi) is 8.62. The van der Waals surface area contributed by atoms with Crippen molar-refractivity contribution in [3.63, 3.8) is 0 Å². The molecule has 10 nitrogen and oxygen atoms in total. The molecule has 3 aromatic rings. The van der Waals surface area contributed by atoms with Crippen molar-refractivity contribution in [1.82, 2.24) is 19.4 Å². The highest BCUT2D eigenvalue weighted by Gasteiger charge is 2.37. The van der Waals surface area contributed by atoms with Gasteiger partial charge >= 0.3 is 6.09 Å². The molecule has 38 heavy (non-hydrogen) atoms. The highest BCUT2D eigenvalue weighted by Crippen LogP contribution is 2.25. The summed E-state index contributed by atoms with van der Waals surface area (Å²) in [5, 5.41) is 3.46. The van der Waals surface area contributed by atoms with Crippen LogP contribution in [0.25, 0.3) is 11.3 Å². The summed E-state index contributed by atoms with van der Waals surface area (Å²) in [7, 11) is 3.27. The van der Waals surface area contributed by atoms with E-state index in [9.17, 15) is 9.59 Å². The standard InChI is InChI=1S/C28H35N5O5/c1-6-21-26(32(4)27(34)25(30-21)20-13-14-24(36-5)29-18(20)3)31-22-15-33(16-23(22)37-7-2)28(35)38-17-19-11-9-8-10-12-19/h8-14,22-23,31H,6-7,15-17H2,1-5H3/t22?,23-/m0/s1. The Labute approximate surface area is 222 Å². The monoisotopic (exact) mass is 521 g/mol. The predicted molar refractivity (Wildman–Crippen MR) is 144 cm³/mol. The van der Waals surface area contributed by atoms with Gasteiger partial charge in [0.2, 0.25) is 5.88 Å². The molecule has 1 saturated heterocycles. The highest BCUT2D eigenvalue weighted by molar-refractivity contribution is 5.68. The third-order valence-corrected chi connectivity index (χ3v) is 6.65. The van der Waals surface area contributed by atoms with Crippen LogP contribution in [-0.4, -0.2) is 64.5 Å². The number of rotatable bonds is 9.